The number of fused-ring (bicyclic) bond motifs is 1. The lowest BCUT2D eigenvalue weighted by atomic mass is 10.1. The van der Waals surface area contributed by atoms with E-state index in [2.05, 4.69) is 15.7 Å². The Bertz CT molecular complexity index is 687. The van der Waals surface area contributed by atoms with Crippen LogP contribution in [0.1, 0.15) is 29.1 Å². The molecule has 1 aliphatic heterocycles. The van der Waals surface area contributed by atoms with Gasteiger partial charge in [-0.15, -0.1) is 0 Å². The van der Waals surface area contributed by atoms with Gasteiger partial charge in [0.1, 0.15) is 0 Å². The molecule has 1 aromatic heterocycles. The normalized spacial score (nSPS) is 16.9. The SMILES string of the molecule is CC(=O)NN1C(=O)c2ccccc2N[C@@H]1c1ccccn1. The van der Waals surface area contributed by atoms with Crippen LogP contribution in [0.5, 0.6) is 0 Å². The molecule has 2 amide bonds. The molecule has 2 heterocycles. The Hall–Kier alpha value is -2.89. The highest BCUT2D eigenvalue weighted by atomic mass is 16.2. The van der Waals surface area contributed by atoms with E-state index in [1.165, 1.54) is 11.9 Å². The van der Waals surface area contributed by atoms with Gasteiger partial charge in [-0.3, -0.25) is 20.0 Å². The van der Waals surface area contributed by atoms with E-state index < -0.39 is 6.17 Å². The lowest BCUT2D eigenvalue weighted by Crippen LogP contribution is -2.52. The minimum atomic E-state index is -0.544. The number of amides is 2. The van der Waals surface area contributed by atoms with Gasteiger partial charge in [0.15, 0.2) is 6.17 Å². The molecular formula is C15H14N4O2. The number of pyridine rings is 1. The van der Waals surface area contributed by atoms with Crippen LogP contribution >= 0.6 is 0 Å². The summed E-state index contributed by atoms with van der Waals surface area (Å²) in [4.78, 5) is 28.2. The molecule has 1 aliphatic rings. The van der Waals surface area contributed by atoms with Crippen LogP contribution in [0.4, 0.5) is 5.69 Å². The number of anilines is 1. The van der Waals surface area contributed by atoms with Crippen LogP contribution in [-0.2, 0) is 4.79 Å². The Morgan fingerprint density at radius 2 is 2.00 bits per heavy atom. The van der Waals surface area contributed by atoms with Gasteiger partial charge in [0.2, 0.25) is 5.91 Å². The van der Waals surface area contributed by atoms with Crippen LogP contribution in [0.25, 0.3) is 0 Å². The van der Waals surface area contributed by atoms with Gasteiger partial charge in [-0.05, 0) is 24.3 Å². The van der Waals surface area contributed by atoms with E-state index >= 15 is 0 Å². The van der Waals surface area contributed by atoms with Crippen LogP contribution in [0, 0.1) is 0 Å². The number of benzene rings is 1. The zero-order chi connectivity index (χ0) is 14.8. The molecule has 2 aromatic rings. The van der Waals surface area contributed by atoms with Crippen LogP contribution in [-0.4, -0.2) is 21.8 Å². The van der Waals surface area contributed by atoms with E-state index in [9.17, 15) is 9.59 Å². The second-order valence-corrected chi connectivity index (χ2v) is 4.69. The summed E-state index contributed by atoms with van der Waals surface area (Å²) in [6.07, 6.45) is 1.10. The largest absolute Gasteiger partial charge is 0.358 e. The number of aromatic nitrogens is 1. The Morgan fingerprint density at radius 3 is 2.71 bits per heavy atom. The van der Waals surface area contributed by atoms with Gasteiger partial charge >= 0.3 is 0 Å². The maximum Gasteiger partial charge on any atom is 0.276 e. The van der Waals surface area contributed by atoms with Crippen molar-refractivity contribution >= 4 is 17.5 Å². The number of hydrogen-bond donors (Lipinski definition) is 2. The maximum absolute atomic E-state index is 12.6. The van der Waals surface area contributed by atoms with Crippen molar-refractivity contribution in [2.45, 2.75) is 13.1 Å². The van der Waals surface area contributed by atoms with Gasteiger partial charge in [-0.25, -0.2) is 5.01 Å². The molecule has 2 N–H and O–H groups in total. The van der Waals surface area contributed by atoms with E-state index in [-0.39, 0.29) is 11.8 Å². The average molecular weight is 282 g/mol. The second kappa shape index (κ2) is 5.24. The first-order valence-corrected chi connectivity index (χ1v) is 6.54. The van der Waals surface area contributed by atoms with Crippen LogP contribution < -0.4 is 10.7 Å². The quantitative estimate of drug-likeness (QED) is 0.879. The average Bonchev–Trinajstić information content (AvgIpc) is 2.50. The van der Waals surface area contributed by atoms with Crippen LogP contribution in [0.15, 0.2) is 48.7 Å². The third kappa shape index (κ3) is 2.43. The molecule has 0 aliphatic carbocycles. The molecule has 0 radical (unpaired) electrons. The summed E-state index contributed by atoms with van der Waals surface area (Å²) in [5.41, 5.74) is 4.45. The molecule has 1 atom stereocenters. The maximum atomic E-state index is 12.6. The van der Waals surface area contributed by atoms with Crippen molar-refractivity contribution in [3.8, 4) is 0 Å². The van der Waals surface area contributed by atoms with Crippen molar-refractivity contribution in [2.24, 2.45) is 0 Å². The molecular weight excluding hydrogens is 268 g/mol. The zero-order valence-electron chi connectivity index (χ0n) is 11.4. The fraction of sp³-hybridized carbons (Fsp3) is 0.133. The number of nitrogens with one attached hydrogen (secondary N) is 2. The molecule has 0 unspecified atom stereocenters. The van der Waals surface area contributed by atoms with Crippen molar-refractivity contribution < 1.29 is 9.59 Å². The van der Waals surface area contributed by atoms with Gasteiger partial charge in [-0.2, -0.15) is 0 Å². The van der Waals surface area contributed by atoms with E-state index in [0.717, 1.165) is 5.69 Å². The Labute approximate surface area is 121 Å². The number of para-hydroxylation sites is 1. The fourth-order valence-corrected chi connectivity index (χ4v) is 2.28. The number of hydrazine groups is 1. The number of hydrogen-bond acceptors (Lipinski definition) is 4. The van der Waals surface area contributed by atoms with Crippen molar-refractivity contribution in [3.63, 3.8) is 0 Å². The molecule has 0 saturated heterocycles. The van der Waals surface area contributed by atoms with Gasteiger partial charge in [-0.1, -0.05) is 18.2 Å². The highest BCUT2D eigenvalue weighted by Gasteiger charge is 2.34. The molecule has 3 rings (SSSR count). The van der Waals surface area contributed by atoms with Crippen LogP contribution in [0.3, 0.4) is 0 Å². The fourth-order valence-electron chi connectivity index (χ4n) is 2.28. The lowest BCUT2D eigenvalue weighted by Gasteiger charge is -2.36. The molecule has 0 bridgehead atoms. The molecule has 106 valence electrons. The number of carbonyl (C=O) groups excluding carboxylic acids is 2. The first-order valence-electron chi connectivity index (χ1n) is 6.54. The summed E-state index contributed by atoms with van der Waals surface area (Å²) in [7, 11) is 0. The van der Waals surface area contributed by atoms with Gasteiger partial charge in [0.25, 0.3) is 5.91 Å². The highest BCUT2D eigenvalue weighted by molar-refractivity contribution is 6.02. The van der Waals surface area contributed by atoms with Crippen molar-refractivity contribution in [1.82, 2.24) is 15.4 Å². The molecule has 6 heteroatoms. The lowest BCUT2D eigenvalue weighted by molar-refractivity contribution is -0.123. The highest BCUT2D eigenvalue weighted by Crippen LogP contribution is 2.30. The standard InChI is InChI=1S/C15H14N4O2/c1-10(20)18-19-14(13-8-4-5-9-16-13)17-12-7-3-2-6-11(12)15(19)21/h2-9,14,17H,1H3,(H,18,20)/t14-/m0/s1. The first kappa shape index (κ1) is 13.1. The summed E-state index contributed by atoms with van der Waals surface area (Å²) in [6, 6.07) is 12.6. The topological polar surface area (TPSA) is 74.3 Å². The first-order chi connectivity index (χ1) is 10.2. The minimum absolute atomic E-state index is 0.268. The van der Waals surface area contributed by atoms with Gasteiger partial charge in [0.05, 0.1) is 11.3 Å². The molecule has 21 heavy (non-hydrogen) atoms. The van der Waals surface area contributed by atoms with E-state index in [1.807, 2.05) is 18.2 Å². The number of nitrogens with zero attached hydrogens (tertiary/aromatic N) is 2. The summed E-state index contributed by atoms with van der Waals surface area (Å²) in [5.74, 6) is -0.583. The third-order valence-corrected chi connectivity index (χ3v) is 3.17. The minimum Gasteiger partial charge on any atom is -0.358 e. The molecule has 0 spiro atoms. The Morgan fingerprint density at radius 1 is 1.24 bits per heavy atom. The second-order valence-electron chi connectivity index (χ2n) is 4.69. The third-order valence-electron chi connectivity index (χ3n) is 3.17. The predicted octanol–water partition coefficient (Wildman–Crippen LogP) is 1.70. The summed E-state index contributed by atoms with van der Waals surface area (Å²) >= 11 is 0. The van der Waals surface area contributed by atoms with E-state index in [1.54, 1.807) is 30.5 Å². The molecule has 0 saturated carbocycles. The summed E-state index contributed by atoms with van der Waals surface area (Å²) in [6.45, 7) is 1.36. The van der Waals surface area contributed by atoms with Crippen molar-refractivity contribution in [1.29, 1.82) is 0 Å². The Balaban J connectivity index is 2.05. The zero-order valence-corrected chi connectivity index (χ0v) is 11.4. The van der Waals surface area contributed by atoms with E-state index in [4.69, 9.17) is 0 Å². The number of carbonyl (C=O) groups is 2. The molecule has 6 nitrogen and oxygen atoms in total. The smallest absolute Gasteiger partial charge is 0.276 e. The van der Waals surface area contributed by atoms with Gasteiger partial charge < -0.3 is 5.32 Å². The summed E-state index contributed by atoms with van der Waals surface area (Å²) in [5, 5.41) is 4.50. The van der Waals surface area contributed by atoms with Gasteiger partial charge in [0, 0.05) is 18.8 Å². The van der Waals surface area contributed by atoms with Crippen molar-refractivity contribution in [3.05, 3.63) is 59.9 Å². The Kier molecular flexibility index (Phi) is 3.27. The monoisotopic (exact) mass is 282 g/mol. The van der Waals surface area contributed by atoms with Crippen LogP contribution in [0.2, 0.25) is 0 Å². The predicted molar refractivity (Wildman–Crippen MR) is 77.0 cm³/mol. The summed E-state index contributed by atoms with van der Waals surface area (Å²) < 4.78 is 0. The molecule has 1 aromatic carbocycles. The molecule has 0 fully saturated rings. The van der Waals surface area contributed by atoms with E-state index in [0.29, 0.717) is 11.3 Å². The van der Waals surface area contributed by atoms with Crippen molar-refractivity contribution in [2.75, 3.05) is 5.32 Å². The number of rotatable bonds is 2.